The van der Waals surface area contributed by atoms with E-state index in [2.05, 4.69) is 49.6 Å². The molecule has 1 heterocycles. The molecule has 2 nitrogen and oxygen atoms in total. The lowest BCUT2D eigenvalue weighted by Crippen LogP contribution is -2.41. The van der Waals surface area contributed by atoms with Crippen molar-refractivity contribution in [2.24, 2.45) is 0 Å². The predicted octanol–water partition coefficient (Wildman–Crippen LogP) is 14.1. The molecule has 0 aliphatic heterocycles. The molecule has 1 rings (SSSR count). The highest BCUT2D eigenvalue weighted by Gasteiger charge is 2.25. The summed E-state index contributed by atoms with van der Waals surface area (Å²) in [6.07, 6.45) is 48.7. The summed E-state index contributed by atoms with van der Waals surface area (Å²) in [5, 5.41) is 0. The lowest BCUT2D eigenvalue weighted by atomic mass is 9.92. The minimum atomic E-state index is 0.620. The average molecular weight is 588 g/mol. The minimum Gasteiger partial charge on any atom is -0.247 e. The van der Waals surface area contributed by atoms with E-state index in [4.69, 9.17) is 0 Å². The van der Waals surface area contributed by atoms with E-state index in [1.807, 2.05) is 0 Å². The van der Waals surface area contributed by atoms with E-state index in [-0.39, 0.29) is 0 Å². The number of hydrogen-bond acceptors (Lipinski definition) is 0. The van der Waals surface area contributed by atoms with E-state index in [9.17, 15) is 0 Å². The molecule has 0 bridgehead atoms. The van der Waals surface area contributed by atoms with E-state index in [0.717, 1.165) is 0 Å². The van der Waals surface area contributed by atoms with Gasteiger partial charge in [-0.2, -0.15) is 0 Å². The van der Waals surface area contributed by atoms with Crippen molar-refractivity contribution in [3.8, 4) is 0 Å². The highest BCUT2D eigenvalue weighted by Crippen LogP contribution is 2.27. The number of aromatic amines is 1. The first kappa shape index (κ1) is 39.2. The maximum absolute atomic E-state index is 3.75. The van der Waals surface area contributed by atoms with Crippen LogP contribution in [0.3, 0.4) is 0 Å². The molecule has 2 unspecified atom stereocenters. The zero-order valence-electron chi connectivity index (χ0n) is 29.7. The van der Waals surface area contributed by atoms with Gasteiger partial charge in [-0.05, 0) is 32.6 Å². The second-order valence-corrected chi connectivity index (χ2v) is 14.0. The number of nitrogens with zero attached hydrogens (tertiary/aromatic N) is 1. The summed E-state index contributed by atoms with van der Waals surface area (Å²) >= 11 is 0. The Labute approximate surface area is 266 Å². The Morgan fingerprint density at radius 2 is 0.762 bits per heavy atom. The highest BCUT2D eigenvalue weighted by molar-refractivity contribution is 4.90. The Hall–Kier alpha value is -0.790. The van der Waals surface area contributed by atoms with Crippen LogP contribution >= 0.6 is 0 Å². The average Bonchev–Trinajstić information content (AvgIpc) is 3.49. The van der Waals surface area contributed by atoms with Gasteiger partial charge in [-0.1, -0.05) is 194 Å². The third-order valence-electron chi connectivity index (χ3n) is 9.89. The van der Waals surface area contributed by atoms with Crippen molar-refractivity contribution >= 4 is 0 Å². The number of nitrogens with one attached hydrogen (secondary N) is 1. The Balaban J connectivity index is 2.43. The molecule has 0 aliphatic carbocycles. The second-order valence-electron chi connectivity index (χ2n) is 14.0. The first-order chi connectivity index (χ1) is 20.7. The summed E-state index contributed by atoms with van der Waals surface area (Å²) in [6, 6.07) is 0.620. The highest BCUT2D eigenvalue weighted by atomic mass is 15.1. The molecule has 1 aromatic heterocycles. The van der Waals surface area contributed by atoms with E-state index < -0.39 is 0 Å². The fourth-order valence-corrected chi connectivity index (χ4v) is 6.96. The standard InChI is InChI=1S/C40H78N2/c1-5-8-11-14-17-20-21-23-26-29-32-35-39(34-31-28-25-19-16-13-10-7-3)40-41-36-37-42(40)38(4)33-30-27-24-22-18-15-12-9-6-2/h36-39H,5-35H2,1-4H3/p+1. The van der Waals surface area contributed by atoms with Gasteiger partial charge >= 0.3 is 0 Å². The van der Waals surface area contributed by atoms with Crippen molar-refractivity contribution in [3.63, 3.8) is 0 Å². The topological polar surface area (TPSA) is 19.7 Å². The normalized spacial score (nSPS) is 13.1. The van der Waals surface area contributed by atoms with Crippen LogP contribution in [-0.2, 0) is 0 Å². The maximum Gasteiger partial charge on any atom is 0.257 e. The second kappa shape index (κ2) is 30.2. The lowest BCUT2D eigenvalue weighted by Gasteiger charge is -2.17. The van der Waals surface area contributed by atoms with Crippen LogP contribution in [0.2, 0.25) is 0 Å². The number of H-pyrrole nitrogens is 1. The van der Waals surface area contributed by atoms with Crippen molar-refractivity contribution in [1.29, 1.82) is 0 Å². The maximum atomic E-state index is 3.75. The Bertz CT molecular complexity index is 650. The van der Waals surface area contributed by atoms with E-state index in [0.29, 0.717) is 12.0 Å². The van der Waals surface area contributed by atoms with Crippen molar-refractivity contribution in [1.82, 2.24) is 4.98 Å². The summed E-state index contributed by atoms with van der Waals surface area (Å²) in [5.74, 6) is 2.25. The molecular formula is C40H79N2+. The molecule has 0 saturated carbocycles. The Morgan fingerprint density at radius 3 is 1.12 bits per heavy atom. The molecule has 1 aromatic rings. The predicted molar refractivity (Wildman–Crippen MR) is 189 cm³/mol. The van der Waals surface area contributed by atoms with Crippen LogP contribution in [0.4, 0.5) is 0 Å². The summed E-state index contributed by atoms with van der Waals surface area (Å²) in [4.78, 5) is 3.75. The summed E-state index contributed by atoms with van der Waals surface area (Å²) < 4.78 is 2.64. The van der Waals surface area contributed by atoms with Gasteiger partial charge in [-0.25, -0.2) is 9.55 Å². The molecule has 0 saturated heterocycles. The first-order valence-corrected chi connectivity index (χ1v) is 19.8. The van der Waals surface area contributed by atoms with Crippen LogP contribution in [0.1, 0.15) is 245 Å². The molecule has 0 amide bonds. The number of hydrogen-bond donors (Lipinski definition) is 1. The van der Waals surface area contributed by atoms with Crippen molar-refractivity contribution < 1.29 is 4.57 Å². The van der Waals surface area contributed by atoms with E-state index in [1.165, 1.54) is 205 Å². The van der Waals surface area contributed by atoms with Crippen LogP contribution in [-0.4, -0.2) is 4.98 Å². The van der Waals surface area contributed by atoms with Gasteiger partial charge in [0.25, 0.3) is 5.82 Å². The van der Waals surface area contributed by atoms with Gasteiger partial charge in [0.05, 0.1) is 12.0 Å². The fraction of sp³-hybridized carbons (Fsp3) is 0.925. The van der Waals surface area contributed by atoms with Gasteiger partial charge in [0.1, 0.15) is 12.4 Å². The van der Waals surface area contributed by atoms with Gasteiger partial charge in [-0.15, -0.1) is 0 Å². The van der Waals surface area contributed by atoms with Crippen LogP contribution in [0.15, 0.2) is 12.4 Å². The van der Waals surface area contributed by atoms with E-state index in [1.54, 1.807) is 0 Å². The third kappa shape index (κ3) is 21.8. The summed E-state index contributed by atoms with van der Waals surface area (Å²) in [5.41, 5.74) is 0. The Kier molecular flexibility index (Phi) is 28.3. The molecule has 1 N–H and O–H groups in total. The molecule has 2 atom stereocenters. The fourth-order valence-electron chi connectivity index (χ4n) is 6.96. The van der Waals surface area contributed by atoms with Gasteiger partial charge < -0.3 is 0 Å². The lowest BCUT2D eigenvalue weighted by molar-refractivity contribution is -0.727. The van der Waals surface area contributed by atoms with Crippen LogP contribution in [0, 0.1) is 0 Å². The molecule has 42 heavy (non-hydrogen) atoms. The van der Waals surface area contributed by atoms with Gasteiger partial charge in [0, 0.05) is 0 Å². The number of rotatable bonds is 33. The number of aromatic nitrogens is 2. The minimum absolute atomic E-state index is 0.620. The van der Waals surface area contributed by atoms with Crippen LogP contribution in [0.25, 0.3) is 0 Å². The first-order valence-electron chi connectivity index (χ1n) is 19.8. The smallest absolute Gasteiger partial charge is 0.247 e. The largest absolute Gasteiger partial charge is 0.257 e. The van der Waals surface area contributed by atoms with Crippen molar-refractivity contribution in [3.05, 3.63) is 18.2 Å². The van der Waals surface area contributed by atoms with Gasteiger partial charge in [0.15, 0.2) is 0 Å². The summed E-state index contributed by atoms with van der Waals surface area (Å²) in [7, 11) is 0. The van der Waals surface area contributed by atoms with Crippen LogP contribution in [0.5, 0.6) is 0 Å². The van der Waals surface area contributed by atoms with Crippen molar-refractivity contribution in [2.45, 2.75) is 239 Å². The SMILES string of the molecule is CCCCCCCCCCCCCC(CCCCCCCCCC)c1[nH]cc[n+]1C(C)CCCCCCCCCCC. The third-order valence-corrected chi connectivity index (χ3v) is 9.89. The molecule has 0 spiro atoms. The summed E-state index contributed by atoms with van der Waals surface area (Å²) in [6.45, 7) is 9.42. The zero-order chi connectivity index (χ0) is 30.4. The van der Waals surface area contributed by atoms with Crippen LogP contribution < -0.4 is 4.57 Å². The number of unbranched alkanes of at least 4 members (excludes halogenated alkanes) is 25. The van der Waals surface area contributed by atoms with Crippen molar-refractivity contribution in [2.75, 3.05) is 0 Å². The molecule has 0 fully saturated rings. The monoisotopic (exact) mass is 588 g/mol. The molecule has 0 aromatic carbocycles. The van der Waals surface area contributed by atoms with Gasteiger partial charge in [-0.3, -0.25) is 0 Å². The molecule has 248 valence electrons. The van der Waals surface area contributed by atoms with Gasteiger partial charge in [0.2, 0.25) is 0 Å². The quantitative estimate of drug-likeness (QED) is 0.0623. The Morgan fingerprint density at radius 1 is 0.452 bits per heavy atom. The zero-order valence-corrected chi connectivity index (χ0v) is 29.7. The molecule has 0 radical (unpaired) electrons. The number of imidazole rings is 1. The molecule has 0 aliphatic rings. The molecule has 2 heteroatoms. The van der Waals surface area contributed by atoms with E-state index >= 15 is 0 Å². The molecular weight excluding hydrogens is 508 g/mol.